The molecule has 4 heteroatoms. The van der Waals surface area contributed by atoms with E-state index in [0.717, 1.165) is 12.4 Å². The molecule has 17 heavy (non-hydrogen) atoms. The van der Waals surface area contributed by atoms with Gasteiger partial charge in [-0.25, -0.2) is 4.98 Å². The predicted octanol–water partition coefficient (Wildman–Crippen LogP) is 1.58. The number of likely N-dealkylation sites (tertiary alicyclic amines) is 1. The fourth-order valence-electron chi connectivity index (χ4n) is 2.45. The normalized spacial score (nSPS) is 18.2. The molecule has 0 aliphatic carbocycles. The lowest BCUT2D eigenvalue weighted by molar-refractivity contribution is 0.220. The maximum atomic E-state index is 5.72. The second kappa shape index (κ2) is 5.36. The van der Waals surface area contributed by atoms with Crippen LogP contribution in [0.15, 0.2) is 18.2 Å². The van der Waals surface area contributed by atoms with E-state index in [1.807, 2.05) is 18.2 Å². The third kappa shape index (κ3) is 2.88. The van der Waals surface area contributed by atoms with Gasteiger partial charge >= 0.3 is 0 Å². The van der Waals surface area contributed by atoms with Crippen molar-refractivity contribution in [3.05, 3.63) is 18.2 Å². The number of nitrogen functional groups attached to an aromatic ring is 1. The van der Waals surface area contributed by atoms with Crippen LogP contribution in [0.25, 0.3) is 0 Å². The number of hydrogen-bond acceptors (Lipinski definition) is 4. The molecule has 1 saturated heterocycles. The topological polar surface area (TPSA) is 45.4 Å². The highest BCUT2D eigenvalue weighted by Crippen LogP contribution is 2.20. The van der Waals surface area contributed by atoms with Gasteiger partial charge in [0, 0.05) is 26.2 Å². The Kier molecular flexibility index (Phi) is 3.84. The number of hydrogen-bond donors (Lipinski definition) is 1. The van der Waals surface area contributed by atoms with Gasteiger partial charge in [0.1, 0.15) is 11.6 Å². The van der Waals surface area contributed by atoms with E-state index in [0.29, 0.717) is 11.9 Å². The van der Waals surface area contributed by atoms with E-state index >= 15 is 0 Å². The molecule has 2 heterocycles. The van der Waals surface area contributed by atoms with Crippen molar-refractivity contribution < 1.29 is 0 Å². The molecule has 1 aromatic rings. The SMILES string of the molecule is CCN1CCC(N(C)c2cccc(N)n2)CC1. The molecule has 0 radical (unpaired) electrons. The van der Waals surface area contributed by atoms with Crippen LogP contribution in [0.5, 0.6) is 0 Å². The molecule has 1 aliphatic heterocycles. The van der Waals surface area contributed by atoms with E-state index in [4.69, 9.17) is 5.73 Å². The van der Waals surface area contributed by atoms with Gasteiger partial charge in [0.05, 0.1) is 0 Å². The average molecular weight is 234 g/mol. The standard InChI is InChI=1S/C13H22N4/c1-3-17-9-7-11(8-10-17)16(2)13-6-4-5-12(14)15-13/h4-6,11H,3,7-10H2,1-2H3,(H2,14,15). The molecule has 4 nitrogen and oxygen atoms in total. The molecule has 1 aromatic heterocycles. The Hall–Kier alpha value is -1.29. The van der Waals surface area contributed by atoms with Gasteiger partial charge in [-0.1, -0.05) is 13.0 Å². The van der Waals surface area contributed by atoms with Crippen molar-refractivity contribution in [2.24, 2.45) is 0 Å². The minimum atomic E-state index is 0.590. The number of nitrogens with zero attached hydrogens (tertiary/aromatic N) is 3. The van der Waals surface area contributed by atoms with E-state index in [2.05, 4.69) is 28.8 Å². The summed E-state index contributed by atoms with van der Waals surface area (Å²) in [5, 5.41) is 0. The van der Waals surface area contributed by atoms with Gasteiger partial charge in [-0.2, -0.15) is 0 Å². The number of piperidine rings is 1. The van der Waals surface area contributed by atoms with Crippen molar-refractivity contribution in [3.63, 3.8) is 0 Å². The number of nitrogens with two attached hydrogens (primary N) is 1. The molecule has 0 saturated carbocycles. The van der Waals surface area contributed by atoms with Crippen LogP contribution in [-0.2, 0) is 0 Å². The van der Waals surface area contributed by atoms with Crippen LogP contribution in [0.2, 0.25) is 0 Å². The average Bonchev–Trinajstić information content (AvgIpc) is 2.38. The Morgan fingerprint density at radius 1 is 1.41 bits per heavy atom. The van der Waals surface area contributed by atoms with Gasteiger partial charge in [0.2, 0.25) is 0 Å². The molecule has 0 spiro atoms. The molecule has 0 unspecified atom stereocenters. The van der Waals surface area contributed by atoms with E-state index in [1.54, 1.807) is 0 Å². The van der Waals surface area contributed by atoms with Crippen LogP contribution in [0, 0.1) is 0 Å². The molecular weight excluding hydrogens is 212 g/mol. The van der Waals surface area contributed by atoms with Crippen molar-refractivity contribution in [2.75, 3.05) is 37.3 Å². The Morgan fingerprint density at radius 2 is 2.12 bits per heavy atom. The minimum Gasteiger partial charge on any atom is -0.384 e. The zero-order valence-corrected chi connectivity index (χ0v) is 10.8. The summed E-state index contributed by atoms with van der Waals surface area (Å²) in [4.78, 5) is 9.14. The molecule has 94 valence electrons. The second-order valence-corrected chi connectivity index (χ2v) is 4.70. The molecule has 0 bridgehead atoms. The predicted molar refractivity (Wildman–Crippen MR) is 72.2 cm³/mol. The monoisotopic (exact) mass is 234 g/mol. The maximum absolute atomic E-state index is 5.72. The van der Waals surface area contributed by atoms with E-state index < -0.39 is 0 Å². The first-order chi connectivity index (χ1) is 8.20. The van der Waals surface area contributed by atoms with Crippen molar-refractivity contribution in [1.29, 1.82) is 0 Å². The summed E-state index contributed by atoms with van der Waals surface area (Å²) in [6, 6.07) is 6.42. The number of rotatable bonds is 3. The summed E-state index contributed by atoms with van der Waals surface area (Å²) in [5.74, 6) is 1.58. The highest BCUT2D eigenvalue weighted by molar-refractivity contribution is 5.45. The number of aromatic nitrogens is 1. The van der Waals surface area contributed by atoms with Gasteiger partial charge in [-0.15, -0.1) is 0 Å². The molecule has 1 aliphatic rings. The van der Waals surface area contributed by atoms with Gasteiger partial charge < -0.3 is 15.5 Å². The second-order valence-electron chi connectivity index (χ2n) is 4.70. The van der Waals surface area contributed by atoms with Crippen LogP contribution in [-0.4, -0.2) is 42.6 Å². The summed E-state index contributed by atoms with van der Waals surface area (Å²) in [7, 11) is 2.12. The van der Waals surface area contributed by atoms with E-state index in [-0.39, 0.29) is 0 Å². The first kappa shape index (κ1) is 12.2. The lowest BCUT2D eigenvalue weighted by Gasteiger charge is -2.36. The lowest BCUT2D eigenvalue weighted by Crippen LogP contribution is -2.43. The number of anilines is 2. The summed E-state index contributed by atoms with van der Waals surface area (Å²) in [6.45, 7) is 5.76. The van der Waals surface area contributed by atoms with Crippen LogP contribution in [0.1, 0.15) is 19.8 Å². The van der Waals surface area contributed by atoms with Gasteiger partial charge in [-0.05, 0) is 31.5 Å². The van der Waals surface area contributed by atoms with Crippen LogP contribution >= 0.6 is 0 Å². The molecular formula is C13H22N4. The first-order valence-electron chi connectivity index (χ1n) is 6.38. The molecule has 0 aromatic carbocycles. The zero-order valence-electron chi connectivity index (χ0n) is 10.8. The highest BCUT2D eigenvalue weighted by Gasteiger charge is 2.22. The van der Waals surface area contributed by atoms with Crippen LogP contribution in [0.4, 0.5) is 11.6 Å². The van der Waals surface area contributed by atoms with Crippen molar-refractivity contribution in [1.82, 2.24) is 9.88 Å². The lowest BCUT2D eigenvalue weighted by atomic mass is 10.0. The maximum Gasteiger partial charge on any atom is 0.130 e. The molecule has 2 rings (SSSR count). The van der Waals surface area contributed by atoms with Crippen LogP contribution < -0.4 is 10.6 Å². The molecule has 1 fully saturated rings. The smallest absolute Gasteiger partial charge is 0.130 e. The van der Waals surface area contributed by atoms with Gasteiger partial charge in [0.15, 0.2) is 0 Å². The minimum absolute atomic E-state index is 0.590. The van der Waals surface area contributed by atoms with Crippen molar-refractivity contribution in [3.8, 4) is 0 Å². The third-order valence-electron chi connectivity index (χ3n) is 3.67. The first-order valence-corrected chi connectivity index (χ1v) is 6.38. The molecule has 0 atom stereocenters. The summed E-state index contributed by atoms with van der Waals surface area (Å²) >= 11 is 0. The highest BCUT2D eigenvalue weighted by atomic mass is 15.2. The fourth-order valence-corrected chi connectivity index (χ4v) is 2.45. The largest absolute Gasteiger partial charge is 0.384 e. The van der Waals surface area contributed by atoms with Crippen molar-refractivity contribution >= 4 is 11.6 Å². The van der Waals surface area contributed by atoms with Gasteiger partial charge in [0.25, 0.3) is 0 Å². The Labute approximate surface area is 103 Å². The third-order valence-corrected chi connectivity index (χ3v) is 3.67. The number of pyridine rings is 1. The quantitative estimate of drug-likeness (QED) is 0.862. The fraction of sp³-hybridized carbons (Fsp3) is 0.615. The Morgan fingerprint density at radius 3 is 2.71 bits per heavy atom. The summed E-state index contributed by atoms with van der Waals surface area (Å²) < 4.78 is 0. The van der Waals surface area contributed by atoms with E-state index in [9.17, 15) is 0 Å². The van der Waals surface area contributed by atoms with Gasteiger partial charge in [-0.3, -0.25) is 0 Å². The Bertz CT molecular complexity index is 358. The Balaban J connectivity index is 1.99. The molecule has 0 amide bonds. The van der Waals surface area contributed by atoms with E-state index in [1.165, 1.54) is 25.9 Å². The van der Waals surface area contributed by atoms with Crippen molar-refractivity contribution in [2.45, 2.75) is 25.8 Å². The molecule has 2 N–H and O–H groups in total. The summed E-state index contributed by atoms with van der Waals surface area (Å²) in [5.41, 5.74) is 5.72. The zero-order chi connectivity index (χ0) is 12.3. The summed E-state index contributed by atoms with van der Waals surface area (Å²) in [6.07, 6.45) is 2.42. The van der Waals surface area contributed by atoms with Crippen LogP contribution in [0.3, 0.4) is 0 Å².